The summed E-state index contributed by atoms with van der Waals surface area (Å²) in [5.74, 6) is 1.81. The second kappa shape index (κ2) is 9.32. The molecule has 0 radical (unpaired) electrons. The number of piperidine rings is 1. The predicted molar refractivity (Wildman–Crippen MR) is 134 cm³/mol. The molecule has 3 fully saturated rings. The summed E-state index contributed by atoms with van der Waals surface area (Å²) in [7, 11) is 0. The van der Waals surface area contributed by atoms with Crippen molar-refractivity contribution >= 4 is 39.2 Å². The summed E-state index contributed by atoms with van der Waals surface area (Å²) in [5, 5.41) is 15.5. The van der Waals surface area contributed by atoms with Gasteiger partial charge in [-0.1, -0.05) is 12.1 Å². The largest absolute Gasteiger partial charge is 0.508 e. The Kier molecular flexibility index (Phi) is 6.46. The molecule has 1 amide bonds. The van der Waals surface area contributed by atoms with Gasteiger partial charge in [0.15, 0.2) is 0 Å². The highest BCUT2D eigenvalue weighted by molar-refractivity contribution is 9.10. The molecular formula is C26H31BrN2O2S. The van der Waals surface area contributed by atoms with Gasteiger partial charge in [0, 0.05) is 45.4 Å². The molecule has 0 unspecified atom stereocenters. The molecule has 2 aliphatic carbocycles. The lowest BCUT2D eigenvalue weighted by atomic mass is 9.58. The van der Waals surface area contributed by atoms with E-state index in [2.05, 4.69) is 32.2 Å². The molecule has 170 valence electrons. The number of rotatable bonds is 6. The third-order valence-corrected chi connectivity index (χ3v) is 9.23. The number of aromatic hydroxyl groups is 1. The van der Waals surface area contributed by atoms with Crippen LogP contribution in [0.25, 0.3) is 6.08 Å². The summed E-state index contributed by atoms with van der Waals surface area (Å²) < 4.78 is 1.04. The molecule has 1 aromatic heterocycles. The molecule has 2 aromatic rings. The number of carbonyl (C=O) groups excluding carboxylic acids is 1. The molecule has 2 N–H and O–H groups in total. The van der Waals surface area contributed by atoms with Gasteiger partial charge in [-0.3, -0.25) is 4.79 Å². The van der Waals surface area contributed by atoms with Crippen LogP contribution in [-0.2, 0) is 10.2 Å². The summed E-state index contributed by atoms with van der Waals surface area (Å²) in [6.07, 6.45) is 10.5. The summed E-state index contributed by atoms with van der Waals surface area (Å²) in [6.45, 7) is 3.49. The Labute approximate surface area is 202 Å². The van der Waals surface area contributed by atoms with E-state index >= 15 is 0 Å². The molecule has 2 heterocycles. The number of likely N-dealkylation sites (tertiary alicyclic amines) is 1. The second-order valence-corrected chi connectivity index (χ2v) is 11.7. The zero-order valence-corrected chi connectivity index (χ0v) is 20.7. The highest BCUT2D eigenvalue weighted by Gasteiger charge is 2.48. The zero-order chi connectivity index (χ0) is 22.1. The predicted octanol–water partition coefficient (Wildman–Crippen LogP) is 5.57. The topological polar surface area (TPSA) is 52.6 Å². The van der Waals surface area contributed by atoms with E-state index in [1.807, 2.05) is 29.7 Å². The highest BCUT2D eigenvalue weighted by Crippen LogP contribution is 2.50. The monoisotopic (exact) mass is 514 g/mol. The lowest BCUT2D eigenvalue weighted by Crippen LogP contribution is -2.56. The van der Waals surface area contributed by atoms with Crippen molar-refractivity contribution in [1.82, 2.24) is 10.2 Å². The van der Waals surface area contributed by atoms with Crippen molar-refractivity contribution in [2.24, 2.45) is 11.8 Å². The number of nitrogens with zero attached hydrogens (tertiary/aromatic N) is 1. The van der Waals surface area contributed by atoms with E-state index in [9.17, 15) is 9.90 Å². The summed E-state index contributed by atoms with van der Waals surface area (Å²) in [5.41, 5.74) is 1.27. The van der Waals surface area contributed by atoms with Gasteiger partial charge in [-0.25, -0.2) is 0 Å². The number of hydrogen-bond donors (Lipinski definition) is 2. The molecule has 1 aromatic carbocycles. The zero-order valence-electron chi connectivity index (χ0n) is 18.3. The van der Waals surface area contributed by atoms with Crippen LogP contribution in [0.5, 0.6) is 5.75 Å². The molecule has 6 heteroatoms. The standard InChI is InChI=1S/C26H31BrN2O2S/c27-21-13-24(32-17-21)8-9-25(31)28-22-7-6-20-16-29(15-18-4-5-18)11-10-26(20,14-22)19-2-1-3-23(30)12-19/h1-3,8-9,12-13,17-18,20,22,30H,4-7,10-11,14-16H2,(H,28,31)/b9-8+/t20-,22-,26+/m1/s1. The number of amides is 1. The Bertz CT molecular complexity index is 1000. The van der Waals surface area contributed by atoms with Crippen molar-refractivity contribution in [2.45, 2.75) is 50.0 Å². The van der Waals surface area contributed by atoms with Gasteiger partial charge in [0.2, 0.25) is 5.91 Å². The van der Waals surface area contributed by atoms with Gasteiger partial charge in [-0.15, -0.1) is 11.3 Å². The molecule has 2 saturated carbocycles. The summed E-state index contributed by atoms with van der Waals surface area (Å²) >= 11 is 5.08. The maximum Gasteiger partial charge on any atom is 0.244 e. The van der Waals surface area contributed by atoms with Crippen LogP contribution in [0.3, 0.4) is 0 Å². The smallest absolute Gasteiger partial charge is 0.244 e. The van der Waals surface area contributed by atoms with Gasteiger partial charge >= 0.3 is 0 Å². The highest BCUT2D eigenvalue weighted by atomic mass is 79.9. The Balaban J connectivity index is 1.31. The number of halogens is 1. The average molecular weight is 516 g/mol. The van der Waals surface area contributed by atoms with Gasteiger partial charge in [-0.2, -0.15) is 0 Å². The molecule has 32 heavy (non-hydrogen) atoms. The number of nitrogens with one attached hydrogen (secondary N) is 1. The molecule has 5 rings (SSSR count). The number of phenols is 1. The Hall–Kier alpha value is -1.63. The van der Waals surface area contributed by atoms with E-state index in [0.717, 1.165) is 54.0 Å². The minimum absolute atomic E-state index is 0.0183. The van der Waals surface area contributed by atoms with Crippen molar-refractivity contribution in [2.75, 3.05) is 19.6 Å². The van der Waals surface area contributed by atoms with Crippen LogP contribution in [0.15, 0.2) is 46.3 Å². The van der Waals surface area contributed by atoms with E-state index < -0.39 is 0 Å². The van der Waals surface area contributed by atoms with E-state index in [4.69, 9.17) is 0 Å². The fraction of sp³-hybridized carbons (Fsp3) is 0.500. The second-order valence-electron chi connectivity index (χ2n) is 9.84. The number of phenolic OH excluding ortho intramolecular Hbond substituents is 1. The third kappa shape index (κ3) is 4.97. The van der Waals surface area contributed by atoms with Crippen molar-refractivity contribution in [1.29, 1.82) is 0 Å². The van der Waals surface area contributed by atoms with Gasteiger partial charge in [0.05, 0.1) is 0 Å². The SMILES string of the molecule is O=C(/C=C/c1cc(Br)cs1)N[C@@H]1CC[C@@H]2CN(CC3CC3)CC[C@@]2(c2cccc(O)c2)C1. The van der Waals surface area contributed by atoms with Crippen molar-refractivity contribution in [3.63, 3.8) is 0 Å². The molecule has 0 spiro atoms. The minimum atomic E-state index is -0.0183. The molecule has 3 atom stereocenters. The summed E-state index contributed by atoms with van der Waals surface area (Å²) in [6, 6.07) is 10.1. The van der Waals surface area contributed by atoms with Crippen LogP contribution >= 0.6 is 27.3 Å². The fourth-order valence-electron chi connectivity index (χ4n) is 5.81. The maximum atomic E-state index is 12.7. The molecule has 1 saturated heterocycles. The van der Waals surface area contributed by atoms with Gasteiger partial charge in [-0.05, 0) is 103 Å². The van der Waals surface area contributed by atoms with Crippen LogP contribution in [0.2, 0.25) is 0 Å². The van der Waals surface area contributed by atoms with Gasteiger partial charge in [0.25, 0.3) is 0 Å². The normalized spacial score (nSPS) is 28.5. The van der Waals surface area contributed by atoms with E-state index in [1.54, 1.807) is 23.5 Å². The first-order chi connectivity index (χ1) is 15.5. The van der Waals surface area contributed by atoms with Gasteiger partial charge < -0.3 is 15.3 Å². The fourth-order valence-corrected chi connectivity index (χ4v) is 7.15. The van der Waals surface area contributed by atoms with Crippen LogP contribution in [-0.4, -0.2) is 41.6 Å². The molecule has 1 aliphatic heterocycles. The Morgan fingerprint density at radius 1 is 1.28 bits per heavy atom. The molecular weight excluding hydrogens is 484 g/mol. The van der Waals surface area contributed by atoms with Crippen LogP contribution < -0.4 is 5.32 Å². The Morgan fingerprint density at radius 2 is 2.16 bits per heavy atom. The minimum Gasteiger partial charge on any atom is -0.508 e. The van der Waals surface area contributed by atoms with Crippen molar-refractivity contribution in [3.05, 3.63) is 56.7 Å². The van der Waals surface area contributed by atoms with Crippen molar-refractivity contribution < 1.29 is 9.90 Å². The lowest BCUT2D eigenvalue weighted by molar-refractivity contribution is -0.117. The van der Waals surface area contributed by atoms with Crippen LogP contribution in [0.4, 0.5) is 0 Å². The first-order valence-electron chi connectivity index (χ1n) is 11.7. The molecule has 4 nitrogen and oxygen atoms in total. The third-order valence-electron chi connectivity index (χ3n) is 7.58. The quantitative estimate of drug-likeness (QED) is 0.495. The molecule has 0 bridgehead atoms. The van der Waals surface area contributed by atoms with E-state index in [-0.39, 0.29) is 17.4 Å². The average Bonchev–Trinajstić information content (AvgIpc) is 3.50. The summed E-state index contributed by atoms with van der Waals surface area (Å²) in [4.78, 5) is 16.4. The first kappa shape index (κ1) is 22.2. The number of thiophene rings is 1. The Morgan fingerprint density at radius 3 is 2.91 bits per heavy atom. The van der Waals surface area contributed by atoms with E-state index in [1.165, 1.54) is 24.9 Å². The number of carbonyl (C=O) groups is 1. The van der Waals surface area contributed by atoms with Crippen molar-refractivity contribution in [3.8, 4) is 5.75 Å². The van der Waals surface area contributed by atoms with Crippen LogP contribution in [0.1, 0.15) is 49.0 Å². The number of benzene rings is 1. The molecule has 3 aliphatic rings. The van der Waals surface area contributed by atoms with Crippen LogP contribution in [0, 0.1) is 11.8 Å². The lowest BCUT2D eigenvalue weighted by Gasteiger charge is -2.53. The van der Waals surface area contributed by atoms with Gasteiger partial charge in [0.1, 0.15) is 5.75 Å². The maximum absolute atomic E-state index is 12.7. The van der Waals surface area contributed by atoms with E-state index in [0.29, 0.717) is 11.7 Å². The first-order valence-corrected chi connectivity index (χ1v) is 13.4. The number of fused-ring (bicyclic) bond motifs is 1. The number of hydrogen-bond acceptors (Lipinski definition) is 4.